The number of nitrogens with one attached hydrogen (secondary N) is 1. The molecule has 2 aromatic carbocycles. The average Bonchev–Trinajstić information content (AvgIpc) is 4.11. The maximum absolute atomic E-state index is 15.4. The highest BCUT2D eigenvalue weighted by atomic mass is 16.8. The molecule has 2 N–H and O–H groups in total. The Morgan fingerprint density at radius 2 is 1.64 bits per heavy atom. The third-order valence-electron chi connectivity index (χ3n) is 11.8. The summed E-state index contributed by atoms with van der Waals surface area (Å²) in [7, 11) is 4.98. The molecule has 13 nitrogen and oxygen atoms in total. The minimum Gasteiger partial charge on any atom is -0.458 e. The fourth-order valence-electron chi connectivity index (χ4n) is 8.89. The molecule has 0 spiro atoms. The highest BCUT2D eigenvalue weighted by Crippen LogP contribution is 2.64. The van der Waals surface area contributed by atoms with E-state index in [0.29, 0.717) is 0 Å². The van der Waals surface area contributed by atoms with Crippen molar-refractivity contribution >= 4 is 29.8 Å². The van der Waals surface area contributed by atoms with E-state index in [-0.39, 0.29) is 50.3 Å². The molecule has 53 heavy (non-hydrogen) atoms. The first kappa shape index (κ1) is 35.9. The largest absolute Gasteiger partial charge is 0.458 e. The average molecular weight is 729 g/mol. The minimum atomic E-state index is -1.44. The van der Waals surface area contributed by atoms with Gasteiger partial charge in [0, 0.05) is 58.4 Å². The van der Waals surface area contributed by atoms with Gasteiger partial charge in [-0.05, 0) is 48.4 Å². The van der Waals surface area contributed by atoms with Crippen LogP contribution in [0.25, 0.3) is 6.08 Å². The van der Waals surface area contributed by atoms with Crippen LogP contribution in [0.1, 0.15) is 48.8 Å². The van der Waals surface area contributed by atoms with Crippen molar-refractivity contribution in [1.82, 2.24) is 20.2 Å². The fraction of sp³-hybridized carbons (Fsp3) is 0.550. The van der Waals surface area contributed by atoms with Crippen LogP contribution in [-0.4, -0.2) is 120 Å². The highest BCUT2D eigenvalue weighted by molar-refractivity contribution is 5.96. The zero-order valence-corrected chi connectivity index (χ0v) is 30.4. The van der Waals surface area contributed by atoms with Crippen molar-refractivity contribution in [3.8, 4) is 0 Å². The van der Waals surface area contributed by atoms with Gasteiger partial charge < -0.3 is 34.4 Å². The second kappa shape index (κ2) is 13.9. The zero-order valence-electron chi connectivity index (χ0n) is 30.4. The van der Waals surface area contributed by atoms with Gasteiger partial charge in [0.15, 0.2) is 11.8 Å². The first-order chi connectivity index (χ1) is 25.6. The van der Waals surface area contributed by atoms with Gasteiger partial charge in [-0.15, -0.1) is 0 Å². The second-order valence-electron chi connectivity index (χ2n) is 15.6. The van der Waals surface area contributed by atoms with Crippen LogP contribution in [0.3, 0.4) is 0 Å². The molecule has 3 aliphatic heterocycles. The van der Waals surface area contributed by atoms with Crippen LogP contribution in [-0.2, 0) is 51.2 Å². The first-order valence-corrected chi connectivity index (χ1v) is 18.7. The number of hydrogen-bond donors (Lipinski definition) is 2. The molecule has 3 amide bonds. The number of hydrogen-bond acceptors (Lipinski definition) is 10. The van der Waals surface area contributed by atoms with E-state index < -0.39 is 65.5 Å². The molecule has 282 valence electrons. The number of ether oxygens (including phenoxy) is 3. The number of carbonyl (C=O) groups excluding carboxylic acids is 4. The molecule has 13 heteroatoms. The molecule has 0 radical (unpaired) electrons. The van der Waals surface area contributed by atoms with Crippen molar-refractivity contribution in [1.29, 1.82) is 0 Å². The summed E-state index contributed by atoms with van der Waals surface area (Å²) in [6.45, 7) is -0.0470. The van der Waals surface area contributed by atoms with Gasteiger partial charge in [-0.2, -0.15) is 5.06 Å². The summed E-state index contributed by atoms with van der Waals surface area (Å²) in [5, 5.41) is 13.8. The van der Waals surface area contributed by atoms with Gasteiger partial charge in [-0.1, -0.05) is 54.6 Å². The third-order valence-corrected chi connectivity index (χ3v) is 11.8. The number of hydroxylamine groups is 2. The van der Waals surface area contributed by atoms with E-state index >= 15 is 4.79 Å². The van der Waals surface area contributed by atoms with E-state index in [1.807, 2.05) is 54.6 Å². The lowest BCUT2D eigenvalue weighted by Crippen LogP contribution is -2.70. The molecular weight excluding hydrogens is 680 g/mol. The topological polar surface area (TPSA) is 147 Å². The number of carbonyl (C=O) groups is 4. The Kier molecular flexibility index (Phi) is 9.43. The Bertz CT molecular complexity index is 1750. The number of aliphatic hydroxyl groups excluding tert-OH is 1. The van der Waals surface area contributed by atoms with Gasteiger partial charge in [0.1, 0.15) is 35.9 Å². The second-order valence-corrected chi connectivity index (χ2v) is 15.6. The number of amides is 3. The van der Waals surface area contributed by atoms with Crippen molar-refractivity contribution < 1.29 is 43.3 Å². The number of likely N-dealkylation sites (N-methyl/N-ethyl adjacent to an activating group) is 2. The molecular formula is C40H48N4O9. The van der Waals surface area contributed by atoms with E-state index in [0.717, 1.165) is 42.4 Å². The molecule has 3 heterocycles. The molecule has 0 aromatic heterocycles. The maximum Gasteiger partial charge on any atom is 0.327 e. The lowest BCUT2D eigenvalue weighted by Gasteiger charge is -2.50. The van der Waals surface area contributed by atoms with Crippen LogP contribution >= 0.6 is 0 Å². The predicted octanol–water partition coefficient (Wildman–Crippen LogP) is 2.07. The van der Waals surface area contributed by atoms with Crippen molar-refractivity contribution in [2.45, 2.75) is 87.4 Å². The lowest BCUT2D eigenvalue weighted by atomic mass is 9.62. The molecule has 7 atom stereocenters. The highest BCUT2D eigenvalue weighted by Gasteiger charge is 2.78. The fourth-order valence-corrected chi connectivity index (χ4v) is 8.89. The monoisotopic (exact) mass is 728 g/mol. The molecule has 6 aliphatic rings. The number of rotatable bonds is 13. The van der Waals surface area contributed by atoms with E-state index in [1.165, 1.54) is 15.9 Å². The normalized spacial score (nSPS) is 30.4. The summed E-state index contributed by atoms with van der Waals surface area (Å²) in [5.74, 6) is -1.83. The Balaban J connectivity index is 1.14. The maximum atomic E-state index is 15.4. The Hall–Kier alpha value is -4.14. The van der Waals surface area contributed by atoms with Gasteiger partial charge in [0.2, 0.25) is 17.7 Å². The quantitative estimate of drug-likeness (QED) is 0.232. The Morgan fingerprint density at radius 1 is 0.962 bits per heavy atom. The molecule has 3 aliphatic carbocycles. The van der Waals surface area contributed by atoms with Gasteiger partial charge in [-0.3, -0.25) is 24.0 Å². The Morgan fingerprint density at radius 3 is 2.28 bits per heavy atom. The van der Waals surface area contributed by atoms with E-state index in [4.69, 9.17) is 19.0 Å². The number of nitrogens with zero attached hydrogens (tertiary/aromatic N) is 3. The molecule has 6 fully saturated rings. The van der Waals surface area contributed by atoms with Crippen molar-refractivity contribution in [2.75, 3.05) is 34.3 Å². The Labute approximate surface area is 309 Å². The summed E-state index contributed by atoms with van der Waals surface area (Å²) >= 11 is 0. The van der Waals surface area contributed by atoms with Crippen LogP contribution in [0, 0.1) is 17.3 Å². The van der Waals surface area contributed by atoms with Crippen LogP contribution in [0.5, 0.6) is 0 Å². The van der Waals surface area contributed by atoms with Crippen LogP contribution in [0.2, 0.25) is 0 Å². The van der Waals surface area contributed by atoms with Crippen LogP contribution in [0.4, 0.5) is 0 Å². The molecule has 2 bridgehead atoms. The molecule has 8 rings (SSSR count). The molecule has 7 unspecified atom stereocenters. The SMILES string of the molecule is CN(C)C(=O)C=Cc1ccc(CN2OC3C4OC(C5CC5)(C5CC5)OC4C4CC3(C(=O)N(C)C(Cc3ccccc3)C(=O)NCCO)C2C(=O)O4)cc1. The number of fused-ring (bicyclic) bond motifs is 4. The smallest absolute Gasteiger partial charge is 0.327 e. The third kappa shape index (κ3) is 6.35. The molecule has 3 saturated carbocycles. The number of benzene rings is 2. The summed E-state index contributed by atoms with van der Waals surface area (Å²) in [5.41, 5.74) is 1.06. The lowest BCUT2D eigenvalue weighted by molar-refractivity contribution is -0.235. The van der Waals surface area contributed by atoms with E-state index in [2.05, 4.69) is 5.32 Å². The molecule has 3 saturated heterocycles. The van der Waals surface area contributed by atoms with Crippen molar-refractivity contribution in [3.63, 3.8) is 0 Å². The van der Waals surface area contributed by atoms with Crippen molar-refractivity contribution in [3.05, 3.63) is 77.4 Å². The minimum absolute atomic E-state index is 0.0354. The van der Waals surface area contributed by atoms with E-state index in [9.17, 15) is 19.5 Å². The summed E-state index contributed by atoms with van der Waals surface area (Å²) in [6, 6.07) is 14.9. The van der Waals surface area contributed by atoms with Crippen LogP contribution in [0.15, 0.2) is 60.7 Å². The molecule has 2 aromatic rings. The van der Waals surface area contributed by atoms with Gasteiger partial charge in [-0.25, -0.2) is 0 Å². The predicted molar refractivity (Wildman–Crippen MR) is 190 cm³/mol. The zero-order chi connectivity index (χ0) is 37.1. The van der Waals surface area contributed by atoms with E-state index in [1.54, 1.807) is 32.3 Å². The van der Waals surface area contributed by atoms with Crippen molar-refractivity contribution in [2.24, 2.45) is 17.3 Å². The number of aliphatic hydroxyl groups is 1. The van der Waals surface area contributed by atoms with Gasteiger partial charge in [0.25, 0.3) is 0 Å². The first-order valence-electron chi connectivity index (χ1n) is 18.7. The standard InChI is InChI=1S/C40H48N4O9/c1-42(2)31(46)18-13-24-9-11-26(12-10-24)23-44-34-37(48)50-30-22-39(34,35(53-44)33-32(30)51-40(52-33,27-14-15-27)28-16-17-28)38(49)43(3)29(36(47)41-19-20-45)21-25-7-5-4-6-8-25/h4-13,18,27-30,32-35,45H,14-17,19-23H2,1-3H3,(H,41,47). The van der Waals surface area contributed by atoms with Gasteiger partial charge in [0.05, 0.1) is 13.2 Å². The summed E-state index contributed by atoms with van der Waals surface area (Å²) in [4.78, 5) is 65.2. The van der Waals surface area contributed by atoms with Gasteiger partial charge >= 0.3 is 5.97 Å². The summed E-state index contributed by atoms with van der Waals surface area (Å²) < 4.78 is 20.0. The number of esters is 1. The van der Waals surface area contributed by atoms with Crippen LogP contribution < -0.4 is 5.32 Å². The summed E-state index contributed by atoms with van der Waals surface area (Å²) in [6.07, 6.45) is 4.71.